The van der Waals surface area contributed by atoms with E-state index in [0.717, 1.165) is 18.3 Å². The molecule has 0 aliphatic carbocycles. The first-order chi connectivity index (χ1) is 13.4. The summed E-state index contributed by atoms with van der Waals surface area (Å²) in [7, 11) is 0. The predicted octanol–water partition coefficient (Wildman–Crippen LogP) is 3.76. The predicted molar refractivity (Wildman–Crippen MR) is 98.3 cm³/mol. The molecule has 0 spiro atoms. The lowest BCUT2D eigenvalue weighted by Crippen LogP contribution is -2.35. The molecule has 0 unspecified atom stereocenters. The van der Waals surface area contributed by atoms with Crippen molar-refractivity contribution in [2.45, 2.75) is 32.0 Å². The van der Waals surface area contributed by atoms with Crippen molar-refractivity contribution in [1.29, 1.82) is 0 Å². The van der Waals surface area contributed by atoms with Crippen molar-refractivity contribution < 1.29 is 27.5 Å². The number of hydrogen-bond donors (Lipinski definition) is 3. The molecule has 3 rings (SSSR count). The van der Waals surface area contributed by atoms with Crippen LogP contribution >= 0.6 is 0 Å². The maximum absolute atomic E-state index is 13.3. The van der Waals surface area contributed by atoms with E-state index in [9.17, 15) is 27.5 Å². The fraction of sp³-hybridized carbons (Fsp3) is 0.263. The number of nitrogens with zero attached hydrogens (tertiary/aromatic N) is 2. The Balaban J connectivity index is 2.05. The Morgan fingerprint density at radius 3 is 2.41 bits per heavy atom. The summed E-state index contributed by atoms with van der Waals surface area (Å²) in [6, 6.07) is 6.94. The summed E-state index contributed by atoms with van der Waals surface area (Å²) in [6.07, 6.45) is -3.62. The summed E-state index contributed by atoms with van der Waals surface area (Å²) in [5.41, 5.74) is 3.60. The van der Waals surface area contributed by atoms with Gasteiger partial charge in [0.2, 0.25) is 5.91 Å². The molecular weight excluding hydrogens is 392 g/mol. The van der Waals surface area contributed by atoms with E-state index in [1.165, 1.54) is 42.6 Å². The zero-order valence-corrected chi connectivity index (χ0v) is 15.5. The molecule has 10 heteroatoms. The molecule has 0 atom stereocenters. The van der Waals surface area contributed by atoms with E-state index in [1.807, 2.05) is 0 Å². The number of carbonyl (C=O) groups excluding carboxylic acids is 1. The van der Waals surface area contributed by atoms with E-state index in [2.05, 4.69) is 16.0 Å². The molecule has 0 fully saturated rings. The molecule has 0 saturated carbocycles. The van der Waals surface area contributed by atoms with Crippen LogP contribution in [0, 0.1) is 5.82 Å². The van der Waals surface area contributed by atoms with Crippen molar-refractivity contribution in [3.8, 4) is 11.1 Å². The molecule has 0 radical (unpaired) electrons. The van der Waals surface area contributed by atoms with Crippen LogP contribution in [0.1, 0.15) is 25.8 Å². The van der Waals surface area contributed by atoms with Gasteiger partial charge in [0.15, 0.2) is 5.82 Å². The summed E-state index contributed by atoms with van der Waals surface area (Å²) in [6.45, 7) is 2.92. The van der Waals surface area contributed by atoms with Gasteiger partial charge in [0.1, 0.15) is 5.82 Å². The molecule has 1 amide bonds. The van der Waals surface area contributed by atoms with Gasteiger partial charge in [-0.05, 0) is 43.7 Å². The van der Waals surface area contributed by atoms with Crippen LogP contribution in [0.25, 0.3) is 16.6 Å². The monoisotopic (exact) mass is 410 g/mol. The lowest BCUT2D eigenvalue weighted by molar-refractivity contribution is -0.137. The van der Waals surface area contributed by atoms with Crippen LogP contribution in [-0.4, -0.2) is 26.2 Å². The van der Waals surface area contributed by atoms with Gasteiger partial charge in [0, 0.05) is 6.20 Å². The minimum absolute atomic E-state index is 0.0695. The lowest BCUT2D eigenvalue weighted by atomic mass is 10.1. The van der Waals surface area contributed by atoms with E-state index >= 15 is 0 Å². The number of hydrogen-bond acceptors (Lipinski definition) is 4. The minimum Gasteiger partial charge on any atom is -0.390 e. The average molecular weight is 410 g/mol. The van der Waals surface area contributed by atoms with Gasteiger partial charge in [0.25, 0.3) is 0 Å². The molecule has 2 heterocycles. The van der Waals surface area contributed by atoms with Crippen LogP contribution in [0.2, 0.25) is 0 Å². The molecule has 3 N–H and O–H groups in total. The number of aromatic nitrogens is 2. The van der Waals surface area contributed by atoms with Gasteiger partial charge < -0.3 is 5.11 Å². The van der Waals surface area contributed by atoms with Crippen molar-refractivity contribution in [2.24, 2.45) is 0 Å². The van der Waals surface area contributed by atoms with Gasteiger partial charge in [-0.3, -0.25) is 15.6 Å². The summed E-state index contributed by atoms with van der Waals surface area (Å²) >= 11 is 0. The Kier molecular flexibility index (Phi) is 5.22. The van der Waals surface area contributed by atoms with Crippen molar-refractivity contribution >= 4 is 17.2 Å². The Labute approximate surface area is 163 Å². The molecule has 0 bridgehead atoms. The highest BCUT2D eigenvalue weighted by Gasteiger charge is 2.31. The third kappa shape index (κ3) is 4.83. The number of alkyl halides is 3. The van der Waals surface area contributed by atoms with Crippen molar-refractivity contribution in [3.63, 3.8) is 0 Å². The molecule has 0 aliphatic rings. The highest BCUT2D eigenvalue weighted by Crippen LogP contribution is 2.36. The van der Waals surface area contributed by atoms with E-state index in [4.69, 9.17) is 0 Å². The normalized spacial score (nSPS) is 12.2. The van der Waals surface area contributed by atoms with Crippen LogP contribution < -0.4 is 10.9 Å². The third-order valence-electron chi connectivity index (χ3n) is 4.01. The Morgan fingerprint density at radius 1 is 1.17 bits per heavy atom. The molecule has 29 heavy (non-hydrogen) atoms. The van der Waals surface area contributed by atoms with Crippen LogP contribution in [0.5, 0.6) is 0 Å². The number of hydrazine groups is 1. The summed E-state index contributed by atoms with van der Waals surface area (Å²) in [4.78, 5) is 12.0. The molecule has 3 aromatic rings. The van der Waals surface area contributed by atoms with Gasteiger partial charge in [-0.15, -0.1) is 5.10 Å². The maximum Gasteiger partial charge on any atom is 0.416 e. The number of amides is 1. The standard InChI is InChI=1S/C19H18F4N4O2/c1-18(2,29)10-15(28)24-25-17-16(11-3-5-13(20)6-4-11)14-9-12(19(21,22)23)7-8-27(14)26-17/h3-9,29H,10H2,1-2H3,(H,24,28)(H,25,26). The van der Waals surface area contributed by atoms with Crippen LogP contribution in [0.3, 0.4) is 0 Å². The second-order valence-corrected chi connectivity index (χ2v) is 7.14. The largest absolute Gasteiger partial charge is 0.416 e. The van der Waals surface area contributed by atoms with Gasteiger partial charge in [-0.2, -0.15) is 13.2 Å². The fourth-order valence-electron chi connectivity index (χ4n) is 2.78. The second-order valence-electron chi connectivity index (χ2n) is 7.14. The Morgan fingerprint density at radius 2 is 1.83 bits per heavy atom. The van der Waals surface area contributed by atoms with Crippen LogP contribution in [0.15, 0.2) is 42.6 Å². The SMILES string of the molecule is CC(C)(O)CC(=O)NNc1nn2ccc(C(F)(F)F)cc2c1-c1ccc(F)cc1. The van der Waals surface area contributed by atoms with Crippen LogP contribution in [-0.2, 0) is 11.0 Å². The highest BCUT2D eigenvalue weighted by molar-refractivity contribution is 5.90. The van der Waals surface area contributed by atoms with Gasteiger partial charge >= 0.3 is 6.18 Å². The summed E-state index contributed by atoms with van der Waals surface area (Å²) in [5.74, 6) is -0.982. The molecule has 6 nitrogen and oxygen atoms in total. The molecular formula is C19H18F4N4O2. The summed E-state index contributed by atoms with van der Waals surface area (Å²) in [5, 5.41) is 13.9. The topological polar surface area (TPSA) is 78.7 Å². The number of anilines is 1. The molecule has 1 aromatic carbocycles. The van der Waals surface area contributed by atoms with E-state index < -0.39 is 29.1 Å². The molecule has 2 aromatic heterocycles. The molecule has 154 valence electrons. The number of rotatable bonds is 5. The van der Waals surface area contributed by atoms with Crippen molar-refractivity contribution in [1.82, 2.24) is 15.0 Å². The lowest BCUT2D eigenvalue weighted by Gasteiger charge is -2.16. The van der Waals surface area contributed by atoms with E-state index in [1.54, 1.807) is 0 Å². The van der Waals surface area contributed by atoms with Gasteiger partial charge in [0.05, 0.1) is 28.7 Å². The Hall–Kier alpha value is -3.14. The number of halogens is 4. The number of pyridine rings is 1. The zero-order valence-electron chi connectivity index (χ0n) is 15.5. The smallest absolute Gasteiger partial charge is 0.390 e. The maximum atomic E-state index is 13.3. The number of carbonyl (C=O) groups is 1. The summed E-state index contributed by atoms with van der Waals surface area (Å²) < 4.78 is 54.0. The average Bonchev–Trinajstić information content (AvgIpc) is 2.96. The van der Waals surface area contributed by atoms with Gasteiger partial charge in [-0.25, -0.2) is 8.91 Å². The number of fused-ring (bicyclic) bond motifs is 1. The molecule has 0 aliphatic heterocycles. The number of nitrogens with one attached hydrogen (secondary N) is 2. The number of benzene rings is 1. The second kappa shape index (κ2) is 7.36. The first-order valence-electron chi connectivity index (χ1n) is 8.57. The fourth-order valence-corrected chi connectivity index (χ4v) is 2.78. The van der Waals surface area contributed by atoms with E-state index in [-0.39, 0.29) is 23.3 Å². The van der Waals surface area contributed by atoms with Gasteiger partial charge in [-0.1, -0.05) is 12.1 Å². The minimum atomic E-state index is -4.55. The zero-order chi connectivity index (χ0) is 21.4. The first-order valence-corrected chi connectivity index (χ1v) is 8.57. The van der Waals surface area contributed by atoms with E-state index in [0.29, 0.717) is 5.56 Å². The van der Waals surface area contributed by atoms with Crippen molar-refractivity contribution in [3.05, 3.63) is 54.0 Å². The molecule has 0 saturated heterocycles. The highest BCUT2D eigenvalue weighted by atomic mass is 19.4. The third-order valence-corrected chi connectivity index (χ3v) is 4.01. The van der Waals surface area contributed by atoms with Crippen molar-refractivity contribution in [2.75, 3.05) is 5.43 Å². The quantitative estimate of drug-likeness (QED) is 0.442. The Bertz CT molecular complexity index is 1040. The first kappa shape index (κ1) is 20.6. The van der Waals surface area contributed by atoms with Crippen LogP contribution in [0.4, 0.5) is 23.4 Å². The number of aliphatic hydroxyl groups is 1.